The van der Waals surface area contributed by atoms with Gasteiger partial charge in [-0.3, -0.25) is 4.79 Å². The Balaban J connectivity index is 1.58. The number of benzene rings is 1. The maximum absolute atomic E-state index is 12.1. The van der Waals surface area contributed by atoms with Crippen molar-refractivity contribution in [3.8, 4) is 0 Å². The molecule has 1 N–H and O–H groups in total. The first kappa shape index (κ1) is 16.0. The minimum absolute atomic E-state index is 0.152. The highest BCUT2D eigenvalue weighted by atomic mass is 35.5. The molecule has 2 heterocycles. The summed E-state index contributed by atoms with van der Waals surface area (Å²) in [7, 11) is 0. The van der Waals surface area contributed by atoms with Crippen molar-refractivity contribution >= 4 is 17.5 Å². The van der Waals surface area contributed by atoms with Gasteiger partial charge in [-0.25, -0.2) is 0 Å². The third-order valence-electron chi connectivity index (χ3n) is 3.81. The second-order valence-electron chi connectivity index (χ2n) is 5.59. The molecule has 1 unspecified atom stereocenters. The highest BCUT2D eigenvalue weighted by molar-refractivity contribution is 6.31. The van der Waals surface area contributed by atoms with Gasteiger partial charge in [0.1, 0.15) is 0 Å². The molecule has 3 rings (SSSR count). The largest absolute Gasteiger partial charge is 0.423 e. The fourth-order valence-corrected chi connectivity index (χ4v) is 2.60. The van der Waals surface area contributed by atoms with Crippen LogP contribution in [0.5, 0.6) is 0 Å². The molecule has 1 aromatic carbocycles. The van der Waals surface area contributed by atoms with Crippen LogP contribution in [-0.4, -0.2) is 29.3 Å². The molecule has 2 aromatic rings. The Morgan fingerprint density at radius 2 is 2.30 bits per heavy atom. The number of aryl methyl sites for hydroxylation is 1. The van der Waals surface area contributed by atoms with Crippen molar-refractivity contribution in [1.82, 2.24) is 15.5 Å². The molecule has 0 bridgehead atoms. The summed E-state index contributed by atoms with van der Waals surface area (Å²) < 4.78 is 11.0. The standard InChI is InChI=1S/C16H18ClN3O3/c1-10-7-11(4-5-13(10)17)15(21)18-8-14-19-20-16(23-14)12-3-2-6-22-9-12/h4-5,7,12H,2-3,6,8-9H2,1H3,(H,18,21). The van der Waals surface area contributed by atoms with Crippen LogP contribution in [0, 0.1) is 6.92 Å². The molecule has 1 saturated heterocycles. The third kappa shape index (κ3) is 3.89. The number of aromatic nitrogens is 2. The van der Waals surface area contributed by atoms with Gasteiger partial charge in [-0.15, -0.1) is 10.2 Å². The summed E-state index contributed by atoms with van der Waals surface area (Å²) in [5.41, 5.74) is 1.41. The van der Waals surface area contributed by atoms with Crippen LogP contribution in [0.4, 0.5) is 0 Å². The summed E-state index contributed by atoms with van der Waals surface area (Å²) in [6, 6.07) is 5.14. The van der Waals surface area contributed by atoms with Crippen LogP contribution >= 0.6 is 11.6 Å². The quantitative estimate of drug-likeness (QED) is 0.929. The number of carbonyl (C=O) groups is 1. The Labute approximate surface area is 139 Å². The normalized spacial score (nSPS) is 17.9. The number of nitrogens with zero attached hydrogens (tertiary/aromatic N) is 2. The van der Waals surface area contributed by atoms with Gasteiger partial charge in [0.15, 0.2) is 0 Å². The van der Waals surface area contributed by atoms with Gasteiger partial charge in [0.25, 0.3) is 5.91 Å². The smallest absolute Gasteiger partial charge is 0.251 e. The van der Waals surface area contributed by atoms with Crippen molar-refractivity contribution in [3.63, 3.8) is 0 Å². The zero-order valence-corrected chi connectivity index (χ0v) is 13.6. The minimum atomic E-state index is -0.203. The lowest BCUT2D eigenvalue weighted by molar-refractivity contribution is 0.0720. The lowest BCUT2D eigenvalue weighted by Crippen LogP contribution is -2.23. The highest BCUT2D eigenvalue weighted by Crippen LogP contribution is 2.24. The van der Waals surface area contributed by atoms with Crippen molar-refractivity contribution < 1.29 is 13.9 Å². The van der Waals surface area contributed by atoms with Crippen molar-refractivity contribution in [2.75, 3.05) is 13.2 Å². The number of amides is 1. The highest BCUT2D eigenvalue weighted by Gasteiger charge is 2.22. The van der Waals surface area contributed by atoms with Crippen molar-refractivity contribution in [2.24, 2.45) is 0 Å². The van der Waals surface area contributed by atoms with Gasteiger partial charge < -0.3 is 14.5 Å². The van der Waals surface area contributed by atoms with E-state index >= 15 is 0 Å². The van der Waals surface area contributed by atoms with Gasteiger partial charge in [0.05, 0.1) is 19.1 Å². The molecule has 1 aliphatic heterocycles. The molecule has 1 aromatic heterocycles. The molecule has 122 valence electrons. The number of nitrogens with one attached hydrogen (secondary N) is 1. The molecule has 0 radical (unpaired) electrons. The van der Waals surface area contributed by atoms with Gasteiger partial charge >= 0.3 is 0 Å². The number of rotatable bonds is 4. The van der Waals surface area contributed by atoms with Gasteiger partial charge in [-0.05, 0) is 43.5 Å². The molecular formula is C16H18ClN3O3. The molecule has 6 nitrogen and oxygen atoms in total. The topological polar surface area (TPSA) is 77.2 Å². The van der Waals surface area contributed by atoms with Crippen molar-refractivity contribution in [1.29, 1.82) is 0 Å². The number of ether oxygens (including phenoxy) is 1. The Kier molecular flexibility index (Phi) is 4.93. The van der Waals surface area contributed by atoms with E-state index in [1.54, 1.807) is 18.2 Å². The summed E-state index contributed by atoms with van der Waals surface area (Å²) in [6.07, 6.45) is 1.98. The van der Waals surface area contributed by atoms with E-state index in [4.69, 9.17) is 20.8 Å². The Morgan fingerprint density at radius 3 is 3.04 bits per heavy atom. The lowest BCUT2D eigenvalue weighted by Gasteiger charge is -2.18. The van der Waals surface area contributed by atoms with Crippen LogP contribution in [0.15, 0.2) is 22.6 Å². The number of halogens is 1. The van der Waals surface area contributed by atoms with E-state index in [1.807, 2.05) is 6.92 Å². The number of carbonyl (C=O) groups excluding carboxylic acids is 1. The molecule has 0 saturated carbocycles. The van der Waals surface area contributed by atoms with E-state index < -0.39 is 0 Å². The van der Waals surface area contributed by atoms with Gasteiger partial charge in [0, 0.05) is 17.2 Å². The SMILES string of the molecule is Cc1cc(C(=O)NCc2nnc(C3CCCOC3)o2)ccc1Cl. The first-order chi connectivity index (χ1) is 11.1. The molecular weight excluding hydrogens is 318 g/mol. The van der Waals surface area contributed by atoms with Crippen molar-refractivity contribution in [3.05, 3.63) is 46.1 Å². The third-order valence-corrected chi connectivity index (χ3v) is 4.24. The number of hydrogen-bond acceptors (Lipinski definition) is 5. The summed E-state index contributed by atoms with van der Waals surface area (Å²) in [5, 5.41) is 11.4. The summed E-state index contributed by atoms with van der Waals surface area (Å²) in [5.74, 6) is 0.922. The molecule has 23 heavy (non-hydrogen) atoms. The Morgan fingerprint density at radius 1 is 1.43 bits per heavy atom. The van der Waals surface area contributed by atoms with Gasteiger partial charge in [-0.1, -0.05) is 11.6 Å². The van der Waals surface area contributed by atoms with E-state index in [9.17, 15) is 4.79 Å². The zero-order valence-electron chi connectivity index (χ0n) is 12.8. The van der Waals surface area contributed by atoms with E-state index in [0.29, 0.717) is 29.0 Å². The minimum Gasteiger partial charge on any atom is -0.423 e. The molecule has 1 atom stereocenters. The maximum Gasteiger partial charge on any atom is 0.251 e. The summed E-state index contributed by atoms with van der Waals surface area (Å²) in [6.45, 7) is 3.45. The predicted molar refractivity (Wildman–Crippen MR) is 84.5 cm³/mol. The lowest BCUT2D eigenvalue weighted by atomic mass is 10.0. The maximum atomic E-state index is 12.1. The Hall–Kier alpha value is -1.92. The summed E-state index contributed by atoms with van der Waals surface area (Å²) in [4.78, 5) is 12.1. The van der Waals surface area contributed by atoms with Crippen LogP contribution < -0.4 is 5.32 Å². The van der Waals surface area contributed by atoms with Crippen LogP contribution in [0.1, 0.15) is 46.5 Å². The van der Waals surface area contributed by atoms with Crippen LogP contribution in [0.25, 0.3) is 0 Å². The second kappa shape index (κ2) is 7.10. The molecule has 1 aliphatic rings. The first-order valence-electron chi connectivity index (χ1n) is 7.58. The number of hydrogen-bond donors (Lipinski definition) is 1. The van der Waals surface area contributed by atoms with E-state index in [0.717, 1.165) is 25.0 Å². The molecule has 0 spiro atoms. The Bertz CT molecular complexity index is 696. The van der Waals surface area contributed by atoms with E-state index in [-0.39, 0.29) is 18.4 Å². The van der Waals surface area contributed by atoms with Gasteiger partial charge in [-0.2, -0.15) is 0 Å². The van der Waals surface area contributed by atoms with Crippen molar-refractivity contribution in [2.45, 2.75) is 32.2 Å². The van der Waals surface area contributed by atoms with E-state index in [1.165, 1.54) is 0 Å². The predicted octanol–water partition coefficient (Wildman–Crippen LogP) is 2.86. The van der Waals surface area contributed by atoms with Crippen LogP contribution in [0.2, 0.25) is 5.02 Å². The zero-order chi connectivity index (χ0) is 16.2. The molecule has 0 aliphatic carbocycles. The van der Waals surface area contributed by atoms with Crippen LogP contribution in [-0.2, 0) is 11.3 Å². The molecule has 1 fully saturated rings. The average Bonchev–Trinajstić information content (AvgIpc) is 3.05. The first-order valence-corrected chi connectivity index (χ1v) is 7.95. The van der Waals surface area contributed by atoms with Crippen LogP contribution in [0.3, 0.4) is 0 Å². The molecule has 1 amide bonds. The molecule has 7 heteroatoms. The fourth-order valence-electron chi connectivity index (χ4n) is 2.48. The average molecular weight is 336 g/mol. The summed E-state index contributed by atoms with van der Waals surface area (Å²) >= 11 is 5.96. The fraction of sp³-hybridized carbons (Fsp3) is 0.438. The van der Waals surface area contributed by atoms with E-state index in [2.05, 4.69) is 15.5 Å². The van der Waals surface area contributed by atoms with Gasteiger partial charge in [0.2, 0.25) is 11.8 Å². The second-order valence-corrected chi connectivity index (χ2v) is 6.00. The monoisotopic (exact) mass is 335 g/mol.